The predicted molar refractivity (Wildman–Crippen MR) is 64.6 cm³/mol. The third kappa shape index (κ3) is 2.33. The number of rotatable bonds is 2. The molecule has 2 nitrogen and oxygen atoms in total. The van der Waals surface area contributed by atoms with Gasteiger partial charge < -0.3 is 9.52 Å². The molecule has 2 aromatic rings. The zero-order valence-electron chi connectivity index (χ0n) is 7.65. The molecule has 2 rings (SSSR count). The molecule has 1 unspecified atom stereocenters. The largest absolute Gasteiger partial charge is 0.465 e. The van der Waals surface area contributed by atoms with Crippen molar-refractivity contribution in [3.8, 4) is 0 Å². The second kappa shape index (κ2) is 4.51. The Kier molecular flexibility index (Phi) is 3.29. The Morgan fingerprint density at radius 3 is 2.27 bits per heavy atom. The van der Waals surface area contributed by atoms with Crippen LogP contribution < -0.4 is 0 Å². The second-order valence-electron chi connectivity index (χ2n) is 3.09. The number of hydrogen-bond acceptors (Lipinski definition) is 2. The van der Waals surface area contributed by atoms with Crippen molar-refractivity contribution in [3.63, 3.8) is 0 Å². The van der Waals surface area contributed by atoms with Crippen LogP contribution in [0, 0.1) is 0 Å². The Morgan fingerprint density at radius 1 is 1.07 bits per heavy atom. The number of halogens is 2. The van der Waals surface area contributed by atoms with Crippen molar-refractivity contribution < 1.29 is 9.52 Å². The first-order valence-corrected chi connectivity index (χ1v) is 5.93. The van der Waals surface area contributed by atoms with Gasteiger partial charge in [-0.15, -0.1) is 0 Å². The van der Waals surface area contributed by atoms with Gasteiger partial charge in [0, 0.05) is 4.47 Å². The average molecular weight is 332 g/mol. The maximum atomic E-state index is 10.0. The normalized spacial score (nSPS) is 12.7. The van der Waals surface area contributed by atoms with Gasteiger partial charge in [0.25, 0.3) is 0 Å². The van der Waals surface area contributed by atoms with E-state index in [4.69, 9.17) is 4.42 Å². The molecule has 1 N–H and O–H groups in total. The number of benzene rings is 1. The fourth-order valence-corrected chi connectivity index (χ4v) is 1.98. The summed E-state index contributed by atoms with van der Waals surface area (Å²) in [4.78, 5) is 0. The van der Waals surface area contributed by atoms with Crippen molar-refractivity contribution in [2.45, 2.75) is 6.10 Å². The summed E-state index contributed by atoms with van der Waals surface area (Å²) in [5.41, 5.74) is 0.800. The first-order chi connectivity index (χ1) is 7.18. The monoisotopic (exact) mass is 330 g/mol. The Bertz CT molecular complexity index is 448. The number of furan rings is 1. The van der Waals surface area contributed by atoms with Crippen molar-refractivity contribution in [2.24, 2.45) is 0 Å². The zero-order chi connectivity index (χ0) is 10.8. The van der Waals surface area contributed by atoms with Gasteiger partial charge in [-0.25, -0.2) is 0 Å². The number of hydrogen-bond donors (Lipinski definition) is 1. The third-order valence-electron chi connectivity index (χ3n) is 2.08. The van der Waals surface area contributed by atoms with Crippen LogP contribution in [0.3, 0.4) is 0 Å². The molecule has 0 spiro atoms. The fourth-order valence-electron chi connectivity index (χ4n) is 1.30. The third-order valence-corrected chi connectivity index (χ3v) is 3.26. The highest BCUT2D eigenvalue weighted by Gasteiger charge is 2.16. The smallest absolute Gasteiger partial charge is 0.150 e. The zero-order valence-corrected chi connectivity index (χ0v) is 10.8. The Morgan fingerprint density at radius 2 is 1.73 bits per heavy atom. The molecule has 0 aliphatic rings. The predicted octanol–water partition coefficient (Wildman–Crippen LogP) is 3.89. The maximum absolute atomic E-state index is 10.0. The van der Waals surface area contributed by atoms with E-state index >= 15 is 0 Å². The first-order valence-electron chi connectivity index (χ1n) is 4.35. The van der Waals surface area contributed by atoms with Crippen molar-refractivity contribution in [1.82, 2.24) is 0 Å². The lowest BCUT2D eigenvalue weighted by atomic mass is 10.1. The van der Waals surface area contributed by atoms with E-state index in [1.165, 1.54) is 0 Å². The van der Waals surface area contributed by atoms with E-state index < -0.39 is 6.10 Å². The van der Waals surface area contributed by atoms with Gasteiger partial charge in [0.15, 0.2) is 5.76 Å². The van der Waals surface area contributed by atoms with Crippen LogP contribution in [0.25, 0.3) is 0 Å². The van der Waals surface area contributed by atoms with Crippen LogP contribution in [0.1, 0.15) is 17.4 Å². The van der Waals surface area contributed by atoms with Crippen molar-refractivity contribution >= 4 is 31.9 Å². The van der Waals surface area contributed by atoms with Gasteiger partial charge in [-0.3, -0.25) is 0 Å². The second-order valence-corrected chi connectivity index (χ2v) is 4.86. The van der Waals surface area contributed by atoms with E-state index in [0.29, 0.717) is 5.76 Å². The van der Waals surface area contributed by atoms with Gasteiger partial charge in [-0.05, 0) is 39.7 Å². The molecule has 0 saturated carbocycles. The Hall–Kier alpha value is -0.580. The molecule has 78 valence electrons. The van der Waals surface area contributed by atoms with Crippen LogP contribution >= 0.6 is 31.9 Å². The molecular weight excluding hydrogens is 324 g/mol. The molecule has 1 aromatic carbocycles. The summed E-state index contributed by atoms with van der Waals surface area (Å²) in [5, 5.41) is 10.0. The molecule has 0 fully saturated rings. The summed E-state index contributed by atoms with van der Waals surface area (Å²) in [5.74, 6) is 0.525. The van der Waals surface area contributed by atoms with Crippen LogP contribution in [0.4, 0.5) is 0 Å². The summed E-state index contributed by atoms with van der Waals surface area (Å²) >= 11 is 6.66. The van der Waals surface area contributed by atoms with Gasteiger partial charge in [-0.1, -0.05) is 28.1 Å². The summed E-state index contributed by atoms with van der Waals surface area (Å²) in [6.07, 6.45) is 0.809. The highest BCUT2D eigenvalue weighted by molar-refractivity contribution is 9.10. The van der Waals surface area contributed by atoms with Gasteiger partial charge >= 0.3 is 0 Å². The van der Waals surface area contributed by atoms with Crippen LogP contribution in [-0.4, -0.2) is 5.11 Å². The van der Waals surface area contributed by atoms with Gasteiger partial charge in [0.2, 0.25) is 0 Å². The number of aliphatic hydroxyl groups excluding tert-OH is 1. The summed E-state index contributed by atoms with van der Waals surface area (Å²) < 4.78 is 6.96. The number of aliphatic hydroxyl groups is 1. The van der Waals surface area contributed by atoms with E-state index in [1.807, 2.05) is 24.3 Å². The molecular formula is C11H8Br2O2. The molecule has 0 bridgehead atoms. The topological polar surface area (TPSA) is 33.4 Å². The standard InChI is InChI=1S/C11H8Br2O2/c12-8-3-1-7(2-4-8)10(14)11-9(13)5-6-15-11/h1-6,10,14H. The molecule has 1 atom stereocenters. The molecule has 0 aliphatic carbocycles. The van der Waals surface area contributed by atoms with Crippen LogP contribution in [0.15, 0.2) is 50.0 Å². The Balaban J connectivity index is 2.32. The highest BCUT2D eigenvalue weighted by Crippen LogP contribution is 2.29. The molecule has 0 radical (unpaired) electrons. The quantitative estimate of drug-likeness (QED) is 0.905. The molecule has 0 saturated heterocycles. The molecule has 0 aliphatic heterocycles. The SMILES string of the molecule is OC(c1ccc(Br)cc1)c1occc1Br. The van der Waals surface area contributed by atoms with E-state index in [0.717, 1.165) is 14.5 Å². The lowest BCUT2D eigenvalue weighted by Crippen LogP contribution is -1.98. The minimum absolute atomic E-state index is 0.525. The first kappa shape index (κ1) is 10.9. The summed E-state index contributed by atoms with van der Waals surface area (Å²) in [7, 11) is 0. The van der Waals surface area contributed by atoms with E-state index in [-0.39, 0.29) is 0 Å². The molecule has 1 aromatic heterocycles. The lowest BCUT2D eigenvalue weighted by molar-refractivity contribution is 0.188. The molecule has 4 heteroatoms. The average Bonchev–Trinajstić information content (AvgIpc) is 2.65. The van der Waals surface area contributed by atoms with Gasteiger partial charge in [0.05, 0.1) is 10.7 Å². The van der Waals surface area contributed by atoms with Gasteiger partial charge in [0.1, 0.15) is 6.10 Å². The van der Waals surface area contributed by atoms with Gasteiger partial charge in [-0.2, -0.15) is 0 Å². The summed E-state index contributed by atoms with van der Waals surface area (Å²) in [6, 6.07) is 9.23. The maximum Gasteiger partial charge on any atom is 0.150 e. The van der Waals surface area contributed by atoms with E-state index in [2.05, 4.69) is 31.9 Å². The molecule has 15 heavy (non-hydrogen) atoms. The van der Waals surface area contributed by atoms with Crippen LogP contribution in [0.2, 0.25) is 0 Å². The molecule has 1 heterocycles. The lowest BCUT2D eigenvalue weighted by Gasteiger charge is -2.08. The highest BCUT2D eigenvalue weighted by atomic mass is 79.9. The van der Waals surface area contributed by atoms with Crippen molar-refractivity contribution in [2.75, 3.05) is 0 Å². The Labute approximate surface area is 104 Å². The van der Waals surface area contributed by atoms with Crippen LogP contribution in [0.5, 0.6) is 0 Å². The van der Waals surface area contributed by atoms with Crippen LogP contribution in [-0.2, 0) is 0 Å². The summed E-state index contributed by atoms with van der Waals surface area (Å²) in [6.45, 7) is 0. The van der Waals surface area contributed by atoms with E-state index in [9.17, 15) is 5.11 Å². The minimum Gasteiger partial charge on any atom is -0.465 e. The van der Waals surface area contributed by atoms with Crippen molar-refractivity contribution in [1.29, 1.82) is 0 Å². The molecule has 0 amide bonds. The fraction of sp³-hybridized carbons (Fsp3) is 0.0909. The van der Waals surface area contributed by atoms with E-state index in [1.54, 1.807) is 12.3 Å². The van der Waals surface area contributed by atoms with Crippen molar-refractivity contribution in [3.05, 3.63) is 56.9 Å². The minimum atomic E-state index is -0.734.